The van der Waals surface area contributed by atoms with E-state index in [-0.39, 0.29) is 5.84 Å². The summed E-state index contributed by atoms with van der Waals surface area (Å²) >= 11 is 0. The molecule has 82 valence electrons. The second-order valence-corrected chi connectivity index (χ2v) is 3.59. The van der Waals surface area contributed by atoms with Crippen LogP contribution in [0.2, 0.25) is 0 Å². The smallest absolute Gasteiger partial charge is 0.171 e. The van der Waals surface area contributed by atoms with Gasteiger partial charge in [-0.05, 0) is 26.0 Å². The Balaban J connectivity index is 2.90. The molecule has 1 aromatic rings. The lowest BCUT2D eigenvalue weighted by molar-refractivity contribution is 0.318. The molecule has 0 aliphatic carbocycles. The van der Waals surface area contributed by atoms with Crippen LogP contribution in [0.1, 0.15) is 19.4 Å². The predicted molar refractivity (Wildman–Crippen MR) is 60.3 cm³/mol. The molecular formula is C10H16N4O. The first-order valence-corrected chi connectivity index (χ1v) is 4.73. The van der Waals surface area contributed by atoms with Crippen molar-refractivity contribution in [1.29, 1.82) is 0 Å². The van der Waals surface area contributed by atoms with Gasteiger partial charge in [-0.15, -0.1) is 0 Å². The average molecular weight is 208 g/mol. The van der Waals surface area contributed by atoms with Crippen LogP contribution >= 0.6 is 0 Å². The Morgan fingerprint density at radius 2 is 2.20 bits per heavy atom. The molecular weight excluding hydrogens is 192 g/mol. The van der Waals surface area contributed by atoms with Gasteiger partial charge in [0.1, 0.15) is 5.82 Å². The summed E-state index contributed by atoms with van der Waals surface area (Å²) in [6, 6.07) is 4.00. The van der Waals surface area contributed by atoms with E-state index < -0.39 is 0 Å². The van der Waals surface area contributed by atoms with E-state index in [4.69, 9.17) is 10.9 Å². The van der Waals surface area contributed by atoms with Crippen LogP contribution < -0.4 is 10.6 Å². The van der Waals surface area contributed by atoms with Crippen molar-refractivity contribution in [2.45, 2.75) is 19.9 Å². The number of rotatable bonds is 3. The maximum absolute atomic E-state index is 8.48. The standard InChI is InChI=1S/C10H16N4O/c1-7(2)14(3)9-5-4-8(6-12-9)10(11)13-15/h4-7,15H,1-3H3,(H2,11,13). The first kappa shape index (κ1) is 11.3. The Kier molecular flexibility index (Phi) is 3.49. The highest BCUT2D eigenvalue weighted by atomic mass is 16.4. The van der Waals surface area contributed by atoms with Crippen molar-refractivity contribution < 1.29 is 5.21 Å². The van der Waals surface area contributed by atoms with Gasteiger partial charge in [0.25, 0.3) is 0 Å². The van der Waals surface area contributed by atoms with Gasteiger partial charge >= 0.3 is 0 Å². The molecule has 0 aliphatic rings. The van der Waals surface area contributed by atoms with E-state index in [0.717, 1.165) is 5.82 Å². The molecule has 0 bridgehead atoms. The van der Waals surface area contributed by atoms with E-state index in [1.165, 1.54) is 0 Å². The largest absolute Gasteiger partial charge is 0.409 e. The number of pyridine rings is 1. The normalized spacial score (nSPS) is 11.9. The molecule has 0 saturated heterocycles. The quantitative estimate of drug-likeness (QED) is 0.336. The molecule has 5 nitrogen and oxygen atoms in total. The van der Waals surface area contributed by atoms with Gasteiger partial charge in [-0.2, -0.15) is 0 Å². The van der Waals surface area contributed by atoms with E-state index in [1.54, 1.807) is 12.3 Å². The molecule has 5 heteroatoms. The number of nitrogens with zero attached hydrogens (tertiary/aromatic N) is 3. The maximum atomic E-state index is 8.48. The number of aromatic nitrogens is 1. The van der Waals surface area contributed by atoms with Gasteiger partial charge in [0.05, 0.1) is 0 Å². The van der Waals surface area contributed by atoms with Gasteiger partial charge in [-0.1, -0.05) is 5.16 Å². The number of amidine groups is 1. The van der Waals surface area contributed by atoms with Crippen molar-refractivity contribution in [2.24, 2.45) is 10.9 Å². The minimum absolute atomic E-state index is 0.0706. The molecule has 3 N–H and O–H groups in total. The fourth-order valence-electron chi connectivity index (χ4n) is 1.07. The Labute approximate surface area is 89.2 Å². The molecule has 0 unspecified atom stereocenters. The fourth-order valence-corrected chi connectivity index (χ4v) is 1.07. The summed E-state index contributed by atoms with van der Waals surface area (Å²) in [5.74, 6) is 0.931. The third-order valence-corrected chi connectivity index (χ3v) is 2.29. The Bertz CT molecular complexity index is 345. The summed E-state index contributed by atoms with van der Waals surface area (Å²) in [7, 11) is 1.97. The van der Waals surface area contributed by atoms with Crippen LogP contribution in [0, 0.1) is 0 Å². The highest BCUT2D eigenvalue weighted by Crippen LogP contribution is 2.11. The second-order valence-electron chi connectivity index (χ2n) is 3.59. The van der Waals surface area contributed by atoms with E-state index in [0.29, 0.717) is 11.6 Å². The molecule has 15 heavy (non-hydrogen) atoms. The van der Waals surface area contributed by atoms with Crippen LogP contribution in [0.25, 0.3) is 0 Å². The van der Waals surface area contributed by atoms with Crippen molar-refractivity contribution in [2.75, 3.05) is 11.9 Å². The van der Waals surface area contributed by atoms with Gasteiger partial charge in [0.15, 0.2) is 5.84 Å². The number of hydrogen-bond donors (Lipinski definition) is 2. The van der Waals surface area contributed by atoms with E-state index in [2.05, 4.69) is 24.0 Å². The SMILES string of the molecule is CC(C)N(C)c1ccc(/C(N)=N/O)cn1. The lowest BCUT2D eigenvalue weighted by atomic mass is 10.2. The number of nitrogens with two attached hydrogens (primary N) is 1. The minimum Gasteiger partial charge on any atom is -0.409 e. The van der Waals surface area contributed by atoms with Crippen LogP contribution in [0.15, 0.2) is 23.5 Å². The highest BCUT2D eigenvalue weighted by molar-refractivity contribution is 5.96. The molecule has 0 spiro atoms. The van der Waals surface area contributed by atoms with Crippen molar-refractivity contribution in [3.8, 4) is 0 Å². The molecule has 1 heterocycles. The van der Waals surface area contributed by atoms with Crippen molar-refractivity contribution >= 4 is 11.7 Å². The highest BCUT2D eigenvalue weighted by Gasteiger charge is 2.06. The van der Waals surface area contributed by atoms with Crippen molar-refractivity contribution in [1.82, 2.24) is 4.98 Å². The van der Waals surface area contributed by atoms with Crippen LogP contribution in [0.4, 0.5) is 5.82 Å². The second kappa shape index (κ2) is 4.63. The first-order chi connectivity index (χ1) is 7.06. The molecule has 0 atom stereocenters. The zero-order valence-corrected chi connectivity index (χ0v) is 9.18. The van der Waals surface area contributed by atoms with Gasteiger partial charge in [0, 0.05) is 24.8 Å². The lowest BCUT2D eigenvalue weighted by Crippen LogP contribution is -2.26. The molecule has 0 aliphatic heterocycles. The van der Waals surface area contributed by atoms with Crippen molar-refractivity contribution in [3.05, 3.63) is 23.9 Å². The number of oxime groups is 1. The Hall–Kier alpha value is -1.78. The summed E-state index contributed by atoms with van der Waals surface area (Å²) in [4.78, 5) is 6.26. The maximum Gasteiger partial charge on any atom is 0.171 e. The number of hydrogen-bond acceptors (Lipinski definition) is 4. The van der Waals surface area contributed by atoms with E-state index >= 15 is 0 Å². The van der Waals surface area contributed by atoms with Crippen LogP contribution in [-0.4, -0.2) is 29.1 Å². The topological polar surface area (TPSA) is 74.7 Å². The van der Waals surface area contributed by atoms with E-state index in [9.17, 15) is 0 Å². The van der Waals surface area contributed by atoms with Crippen LogP contribution in [-0.2, 0) is 0 Å². The Morgan fingerprint density at radius 1 is 1.53 bits per heavy atom. The fraction of sp³-hybridized carbons (Fsp3) is 0.400. The summed E-state index contributed by atoms with van der Waals surface area (Å²) in [6.07, 6.45) is 1.59. The van der Waals surface area contributed by atoms with Gasteiger partial charge in [-0.3, -0.25) is 0 Å². The summed E-state index contributed by atoms with van der Waals surface area (Å²) in [5.41, 5.74) is 6.04. The predicted octanol–water partition coefficient (Wildman–Crippen LogP) is 1.02. The molecule has 0 aromatic carbocycles. The molecule has 0 amide bonds. The third-order valence-electron chi connectivity index (χ3n) is 2.29. The average Bonchev–Trinajstić information content (AvgIpc) is 2.27. The molecule has 1 rings (SSSR count). The zero-order chi connectivity index (χ0) is 11.4. The summed E-state index contributed by atoms with van der Waals surface area (Å²) in [5, 5.41) is 11.4. The molecule has 0 saturated carbocycles. The lowest BCUT2D eigenvalue weighted by Gasteiger charge is -2.22. The van der Waals surface area contributed by atoms with Crippen LogP contribution in [0.3, 0.4) is 0 Å². The van der Waals surface area contributed by atoms with Gasteiger partial charge in [0.2, 0.25) is 0 Å². The van der Waals surface area contributed by atoms with Crippen molar-refractivity contribution in [3.63, 3.8) is 0 Å². The van der Waals surface area contributed by atoms with Gasteiger partial charge < -0.3 is 15.8 Å². The third kappa shape index (κ3) is 2.59. The molecule has 0 fully saturated rings. The Morgan fingerprint density at radius 3 is 2.60 bits per heavy atom. The van der Waals surface area contributed by atoms with E-state index in [1.807, 2.05) is 18.0 Å². The van der Waals surface area contributed by atoms with Crippen LogP contribution in [0.5, 0.6) is 0 Å². The monoisotopic (exact) mass is 208 g/mol. The zero-order valence-electron chi connectivity index (χ0n) is 9.18. The summed E-state index contributed by atoms with van der Waals surface area (Å²) in [6.45, 7) is 4.16. The first-order valence-electron chi connectivity index (χ1n) is 4.73. The summed E-state index contributed by atoms with van der Waals surface area (Å²) < 4.78 is 0. The molecule has 0 radical (unpaired) electrons. The minimum atomic E-state index is 0.0706. The number of anilines is 1. The molecule has 1 aromatic heterocycles. The van der Waals surface area contributed by atoms with Gasteiger partial charge in [-0.25, -0.2) is 4.98 Å².